The molecule has 0 aliphatic heterocycles. The summed E-state index contributed by atoms with van der Waals surface area (Å²) in [5.74, 6) is 0.715. The van der Waals surface area contributed by atoms with Crippen LogP contribution in [0.15, 0.2) is 64.2 Å². The number of nitrogens with zero attached hydrogens (tertiary/aromatic N) is 4. The lowest BCUT2D eigenvalue weighted by Crippen LogP contribution is -2.44. The van der Waals surface area contributed by atoms with Crippen LogP contribution in [-0.4, -0.2) is 46.1 Å². The molecule has 198 valence electrons. The summed E-state index contributed by atoms with van der Waals surface area (Å²) >= 11 is 0. The van der Waals surface area contributed by atoms with E-state index in [-0.39, 0.29) is 24.5 Å². The summed E-state index contributed by atoms with van der Waals surface area (Å²) in [6, 6.07) is 17.9. The zero-order valence-corrected chi connectivity index (χ0v) is 22.1. The number of hydrogen-bond donors (Lipinski definition) is 0. The van der Waals surface area contributed by atoms with Crippen LogP contribution in [0.2, 0.25) is 0 Å². The van der Waals surface area contributed by atoms with Crippen molar-refractivity contribution in [2.75, 3.05) is 24.6 Å². The van der Waals surface area contributed by atoms with Gasteiger partial charge in [-0.2, -0.15) is 0 Å². The van der Waals surface area contributed by atoms with E-state index in [2.05, 4.69) is 17.2 Å². The van der Waals surface area contributed by atoms with Crippen LogP contribution in [0, 0.1) is 0 Å². The van der Waals surface area contributed by atoms with E-state index in [0.717, 1.165) is 23.0 Å². The number of anilines is 1. The van der Waals surface area contributed by atoms with Gasteiger partial charge >= 0.3 is 11.7 Å². The predicted molar refractivity (Wildman–Crippen MR) is 143 cm³/mol. The van der Waals surface area contributed by atoms with Gasteiger partial charge in [-0.3, -0.25) is 14.2 Å². The third kappa shape index (κ3) is 8.06. The second-order valence-corrected chi connectivity index (χ2v) is 9.03. The molecule has 0 bridgehead atoms. The predicted octanol–water partition coefficient (Wildman–Crippen LogP) is 2.88. The van der Waals surface area contributed by atoms with E-state index in [1.807, 2.05) is 54.3 Å². The van der Waals surface area contributed by atoms with Crippen molar-refractivity contribution in [2.24, 2.45) is 14.1 Å². The summed E-state index contributed by atoms with van der Waals surface area (Å²) in [4.78, 5) is 38.3. The smallest absolute Gasteiger partial charge is 0.346 e. The molecule has 37 heavy (non-hydrogen) atoms. The van der Waals surface area contributed by atoms with Crippen LogP contribution in [0.25, 0.3) is 0 Å². The normalized spacial score (nSPS) is 11.7. The van der Waals surface area contributed by atoms with Crippen molar-refractivity contribution in [2.45, 2.75) is 45.6 Å². The number of carbonyl (C=O) groups excluding carboxylic acids is 1. The molecule has 2 aromatic carbocycles. The zero-order chi connectivity index (χ0) is 26.8. The van der Waals surface area contributed by atoms with E-state index in [1.165, 1.54) is 17.3 Å². The Labute approximate surface area is 217 Å². The van der Waals surface area contributed by atoms with Crippen LogP contribution in [0.3, 0.4) is 0 Å². The molecule has 0 N–H and O–H groups in total. The molecule has 1 unspecified atom stereocenters. The molecule has 3 aromatic rings. The Morgan fingerprint density at radius 3 is 2.32 bits per heavy atom. The minimum atomic E-state index is -0.452. The molecule has 1 heterocycles. The fourth-order valence-corrected chi connectivity index (χ4v) is 3.90. The number of hydrogen-bond acceptors (Lipinski definition) is 7. The number of rotatable bonds is 13. The lowest BCUT2D eigenvalue weighted by molar-refractivity contribution is -0.145. The van der Waals surface area contributed by atoms with Gasteiger partial charge < -0.3 is 14.4 Å². The first-order chi connectivity index (χ1) is 17.8. The standard InChI is InChI=1S/C28H36N4O5/c1-5-25(33)36-20-21(2)37-24-15-13-23(14-16-24)17-19-32(18-9-12-22-10-7-6-8-11-22)26-27(34)30(3)28(35)31(4)29-26/h6-8,10-11,13-16,21H,5,9,12,17-20H2,1-4H3. The van der Waals surface area contributed by atoms with Crippen LogP contribution in [0.5, 0.6) is 5.75 Å². The van der Waals surface area contributed by atoms with Gasteiger partial charge in [0.25, 0.3) is 5.56 Å². The van der Waals surface area contributed by atoms with Gasteiger partial charge in [0.1, 0.15) is 18.5 Å². The first kappa shape index (κ1) is 27.7. The molecule has 0 saturated carbocycles. The highest BCUT2D eigenvalue weighted by molar-refractivity contribution is 5.68. The van der Waals surface area contributed by atoms with Gasteiger partial charge in [0.15, 0.2) is 0 Å². The Balaban J connectivity index is 1.66. The number of aryl methyl sites for hydroxylation is 2. The molecule has 9 nitrogen and oxygen atoms in total. The molecule has 0 aliphatic rings. The van der Waals surface area contributed by atoms with Crippen molar-refractivity contribution in [1.29, 1.82) is 0 Å². The fourth-order valence-electron chi connectivity index (χ4n) is 3.90. The topological polar surface area (TPSA) is 95.7 Å². The van der Waals surface area contributed by atoms with Crippen molar-refractivity contribution in [1.82, 2.24) is 14.3 Å². The quantitative estimate of drug-likeness (QED) is 0.328. The van der Waals surface area contributed by atoms with E-state index in [1.54, 1.807) is 14.0 Å². The molecule has 1 atom stereocenters. The Hall–Kier alpha value is -3.88. The molecule has 1 aromatic heterocycles. The molecule has 0 saturated heterocycles. The highest BCUT2D eigenvalue weighted by Gasteiger charge is 2.17. The second-order valence-electron chi connectivity index (χ2n) is 9.03. The minimum Gasteiger partial charge on any atom is -0.487 e. The summed E-state index contributed by atoms with van der Waals surface area (Å²) in [6.45, 7) is 5.01. The average Bonchev–Trinajstić information content (AvgIpc) is 2.91. The molecule has 0 radical (unpaired) electrons. The van der Waals surface area contributed by atoms with E-state index < -0.39 is 11.2 Å². The van der Waals surface area contributed by atoms with Crippen molar-refractivity contribution >= 4 is 11.8 Å². The lowest BCUT2D eigenvalue weighted by Gasteiger charge is -2.24. The van der Waals surface area contributed by atoms with Crippen LogP contribution >= 0.6 is 0 Å². The number of esters is 1. The van der Waals surface area contributed by atoms with Gasteiger partial charge in [-0.1, -0.05) is 49.4 Å². The molecule has 9 heteroatoms. The number of carbonyl (C=O) groups is 1. The largest absolute Gasteiger partial charge is 0.487 e. The van der Waals surface area contributed by atoms with Crippen molar-refractivity contribution in [3.63, 3.8) is 0 Å². The van der Waals surface area contributed by atoms with Gasteiger partial charge in [0.05, 0.1) is 0 Å². The third-order valence-electron chi connectivity index (χ3n) is 6.04. The summed E-state index contributed by atoms with van der Waals surface area (Å²) in [7, 11) is 3.03. The monoisotopic (exact) mass is 508 g/mol. The molecular formula is C28H36N4O5. The Bertz CT molecular complexity index is 1270. The van der Waals surface area contributed by atoms with Gasteiger partial charge in [-0.15, -0.1) is 5.10 Å². The van der Waals surface area contributed by atoms with Crippen molar-refractivity contribution in [3.05, 3.63) is 86.6 Å². The van der Waals surface area contributed by atoms with Crippen LogP contribution in [0.1, 0.15) is 37.8 Å². The van der Waals surface area contributed by atoms with Gasteiger partial charge in [0, 0.05) is 33.6 Å². The number of aromatic nitrogens is 3. The van der Waals surface area contributed by atoms with E-state index in [0.29, 0.717) is 31.7 Å². The highest BCUT2D eigenvalue weighted by Crippen LogP contribution is 2.16. The maximum Gasteiger partial charge on any atom is 0.346 e. The lowest BCUT2D eigenvalue weighted by atomic mass is 10.1. The maximum absolute atomic E-state index is 12.9. The van der Waals surface area contributed by atoms with E-state index in [4.69, 9.17) is 9.47 Å². The van der Waals surface area contributed by atoms with Crippen LogP contribution in [-0.2, 0) is 36.5 Å². The van der Waals surface area contributed by atoms with Gasteiger partial charge in [-0.05, 0) is 49.4 Å². The maximum atomic E-state index is 12.9. The molecule has 0 amide bonds. The fraction of sp³-hybridized carbons (Fsp3) is 0.429. The molecule has 0 aliphatic carbocycles. The Morgan fingerprint density at radius 2 is 1.65 bits per heavy atom. The molecule has 0 spiro atoms. The Morgan fingerprint density at radius 1 is 0.973 bits per heavy atom. The van der Waals surface area contributed by atoms with Crippen LogP contribution in [0.4, 0.5) is 5.82 Å². The SMILES string of the molecule is CCC(=O)OCC(C)Oc1ccc(CCN(CCCc2ccccc2)c2nn(C)c(=O)n(C)c2=O)cc1. The summed E-state index contributed by atoms with van der Waals surface area (Å²) in [6.07, 6.45) is 2.48. The second kappa shape index (κ2) is 13.4. The van der Waals surface area contributed by atoms with Gasteiger partial charge in [0.2, 0.25) is 5.82 Å². The first-order valence-electron chi connectivity index (χ1n) is 12.6. The molecule has 0 fully saturated rings. The van der Waals surface area contributed by atoms with E-state index >= 15 is 0 Å². The third-order valence-corrected chi connectivity index (χ3v) is 6.04. The number of ether oxygens (including phenoxy) is 2. The summed E-state index contributed by atoms with van der Waals surface area (Å²) in [5.41, 5.74) is 1.46. The summed E-state index contributed by atoms with van der Waals surface area (Å²) < 4.78 is 13.3. The average molecular weight is 509 g/mol. The zero-order valence-electron chi connectivity index (χ0n) is 22.1. The first-order valence-corrected chi connectivity index (χ1v) is 12.6. The number of benzene rings is 2. The highest BCUT2D eigenvalue weighted by atomic mass is 16.6. The van der Waals surface area contributed by atoms with Gasteiger partial charge in [-0.25, -0.2) is 9.48 Å². The van der Waals surface area contributed by atoms with E-state index in [9.17, 15) is 14.4 Å². The minimum absolute atomic E-state index is 0.202. The van der Waals surface area contributed by atoms with Crippen molar-refractivity contribution < 1.29 is 14.3 Å². The summed E-state index contributed by atoms with van der Waals surface area (Å²) in [5, 5.41) is 4.30. The van der Waals surface area contributed by atoms with Crippen molar-refractivity contribution in [3.8, 4) is 5.75 Å². The molecular weight excluding hydrogens is 472 g/mol. The molecule has 3 rings (SSSR count). The Kier molecular flexibility index (Phi) is 10.1. The van der Waals surface area contributed by atoms with Crippen LogP contribution < -0.4 is 20.9 Å².